The lowest BCUT2D eigenvalue weighted by atomic mass is 10.0. The van der Waals surface area contributed by atoms with Gasteiger partial charge < -0.3 is 9.47 Å². The molecule has 0 fully saturated rings. The minimum Gasteiger partial charge on any atom is -0.497 e. The summed E-state index contributed by atoms with van der Waals surface area (Å²) < 4.78 is 12.7. The van der Waals surface area contributed by atoms with Crippen LogP contribution in [0.1, 0.15) is 35.1 Å². The fourth-order valence-corrected chi connectivity index (χ4v) is 2.91. The highest BCUT2D eigenvalue weighted by Crippen LogP contribution is 2.31. The van der Waals surface area contributed by atoms with Gasteiger partial charge in [0.15, 0.2) is 5.69 Å². The van der Waals surface area contributed by atoms with Gasteiger partial charge in [-0.1, -0.05) is 12.1 Å². The Morgan fingerprint density at radius 2 is 2.08 bits per heavy atom. The maximum absolute atomic E-state index is 12.4. The van der Waals surface area contributed by atoms with E-state index in [2.05, 4.69) is 10.1 Å². The van der Waals surface area contributed by atoms with E-state index in [1.54, 1.807) is 28.9 Å². The van der Waals surface area contributed by atoms with Gasteiger partial charge in [-0.05, 0) is 30.7 Å². The van der Waals surface area contributed by atoms with Crippen molar-refractivity contribution in [2.24, 2.45) is 0 Å². The molecule has 0 spiro atoms. The molecule has 3 rings (SSSR count). The van der Waals surface area contributed by atoms with Crippen LogP contribution in [0.3, 0.4) is 0 Å². The van der Waals surface area contributed by atoms with Crippen molar-refractivity contribution in [3.63, 3.8) is 0 Å². The number of ether oxygens (including phenoxy) is 2. The van der Waals surface area contributed by atoms with Gasteiger partial charge in [0.05, 0.1) is 18.7 Å². The summed E-state index contributed by atoms with van der Waals surface area (Å²) in [7, 11) is 1.61. The normalized spacial score (nSPS) is 13.2. The van der Waals surface area contributed by atoms with E-state index in [4.69, 9.17) is 9.47 Å². The van der Waals surface area contributed by atoms with E-state index in [1.807, 2.05) is 43.5 Å². The summed E-state index contributed by atoms with van der Waals surface area (Å²) in [5.41, 5.74) is 2.78. The molecule has 2 atom stereocenters. The molecule has 3 aromatic rings. The van der Waals surface area contributed by atoms with Crippen molar-refractivity contribution in [2.75, 3.05) is 7.11 Å². The number of hydrogen-bond donors (Lipinski definition) is 0. The van der Waals surface area contributed by atoms with Crippen molar-refractivity contribution < 1.29 is 14.3 Å². The van der Waals surface area contributed by atoms with Gasteiger partial charge in [0, 0.05) is 17.8 Å². The predicted octanol–water partition coefficient (Wildman–Crippen LogP) is 3.51. The van der Waals surface area contributed by atoms with Crippen molar-refractivity contribution in [1.82, 2.24) is 14.8 Å². The summed E-state index contributed by atoms with van der Waals surface area (Å²) in [6, 6.07) is 9.12. The maximum Gasteiger partial charge on any atom is 0.358 e. The summed E-state index contributed by atoms with van der Waals surface area (Å²) in [4.78, 5) is 16.4. The zero-order valence-electron chi connectivity index (χ0n) is 13.3. The molecule has 0 aliphatic rings. The van der Waals surface area contributed by atoms with Gasteiger partial charge in [-0.2, -0.15) is 5.10 Å². The van der Waals surface area contributed by atoms with Crippen LogP contribution < -0.4 is 4.74 Å². The van der Waals surface area contributed by atoms with Gasteiger partial charge in [0.1, 0.15) is 11.9 Å². The summed E-state index contributed by atoms with van der Waals surface area (Å²) in [5.74, 6) is 0.297. The smallest absolute Gasteiger partial charge is 0.358 e. The number of thiazole rings is 1. The van der Waals surface area contributed by atoms with E-state index in [9.17, 15) is 4.79 Å². The number of methoxy groups -OCH3 is 1. The molecule has 0 amide bonds. The van der Waals surface area contributed by atoms with E-state index in [0.29, 0.717) is 5.69 Å². The number of esters is 1. The Hall–Kier alpha value is -2.67. The molecule has 24 heavy (non-hydrogen) atoms. The minimum atomic E-state index is -0.495. The molecular weight excluding hydrogens is 326 g/mol. The molecule has 0 saturated carbocycles. The summed E-state index contributed by atoms with van der Waals surface area (Å²) in [6.07, 6.45) is 3.05. The molecule has 7 heteroatoms. The molecule has 0 saturated heterocycles. The van der Waals surface area contributed by atoms with E-state index >= 15 is 0 Å². The quantitative estimate of drug-likeness (QED) is 0.641. The van der Waals surface area contributed by atoms with Gasteiger partial charge >= 0.3 is 5.97 Å². The van der Waals surface area contributed by atoms with Crippen LogP contribution in [0.4, 0.5) is 0 Å². The first-order valence-electron chi connectivity index (χ1n) is 7.41. The highest BCUT2D eigenvalue weighted by molar-refractivity contribution is 7.07. The van der Waals surface area contributed by atoms with Crippen LogP contribution in [0, 0.1) is 0 Å². The number of carbonyl (C=O) groups excluding carboxylic acids is 1. The maximum atomic E-state index is 12.4. The molecule has 0 unspecified atom stereocenters. The lowest BCUT2D eigenvalue weighted by Crippen LogP contribution is -2.21. The molecule has 6 nitrogen and oxygen atoms in total. The topological polar surface area (TPSA) is 66.2 Å². The van der Waals surface area contributed by atoms with Gasteiger partial charge in [0.25, 0.3) is 0 Å². The lowest BCUT2D eigenvalue weighted by Gasteiger charge is -2.24. The van der Waals surface area contributed by atoms with E-state index in [-0.39, 0.29) is 6.04 Å². The highest BCUT2D eigenvalue weighted by Gasteiger charge is 2.26. The van der Waals surface area contributed by atoms with Crippen molar-refractivity contribution in [3.8, 4) is 5.75 Å². The van der Waals surface area contributed by atoms with Crippen LogP contribution in [0.25, 0.3) is 0 Å². The van der Waals surface area contributed by atoms with Crippen LogP contribution in [0.2, 0.25) is 0 Å². The van der Waals surface area contributed by atoms with E-state index in [0.717, 1.165) is 11.3 Å². The lowest BCUT2D eigenvalue weighted by molar-refractivity contribution is 0.0151. The SMILES string of the molecule is COc1ccc([C@@H](OC(=O)c2cscn2)[C@@H](C)n2cccn2)cc1. The third-order valence-corrected chi connectivity index (χ3v) is 4.29. The molecule has 2 aromatic heterocycles. The van der Waals surface area contributed by atoms with E-state index in [1.165, 1.54) is 11.3 Å². The second-order valence-corrected chi connectivity index (χ2v) is 5.92. The molecule has 2 heterocycles. The van der Waals surface area contributed by atoms with Crippen LogP contribution in [0.15, 0.2) is 53.6 Å². The molecular formula is C17H17N3O3S. The van der Waals surface area contributed by atoms with Crippen LogP contribution >= 0.6 is 11.3 Å². The van der Waals surface area contributed by atoms with Crippen LogP contribution in [0.5, 0.6) is 5.75 Å². The van der Waals surface area contributed by atoms with Gasteiger partial charge in [-0.15, -0.1) is 11.3 Å². The Morgan fingerprint density at radius 3 is 2.67 bits per heavy atom. The number of benzene rings is 1. The Balaban J connectivity index is 1.89. The minimum absolute atomic E-state index is 0.170. The molecule has 0 bridgehead atoms. The van der Waals surface area contributed by atoms with Crippen molar-refractivity contribution >= 4 is 17.3 Å². The monoisotopic (exact) mass is 343 g/mol. The third-order valence-electron chi connectivity index (χ3n) is 3.70. The largest absolute Gasteiger partial charge is 0.497 e. The predicted molar refractivity (Wildman–Crippen MR) is 90.2 cm³/mol. The van der Waals surface area contributed by atoms with Gasteiger partial charge in [-0.3, -0.25) is 4.68 Å². The van der Waals surface area contributed by atoms with Crippen LogP contribution in [-0.4, -0.2) is 27.8 Å². The standard InChI is InChI=1S/C17H17N3O3S/c1-12(20-9-3-8-19-20)16(13-4-6-14(22-2)7-5-13)23-17(21)15-10-24-11-18-15/h3-12,16H,1-2H3/t12-,16+/m1/s1. The molecule has 1 aromatic carbocycles. The second kappa shape index (κ2) is 7.27. The third kappa shape index (κ3) is 3.46. The fourth-order valence-electron chi connectivity index (χ4n) is 2.39. The summed E-state index contributed by atoms with van der Waals surface area (Å²) in [6.45, 7) is 1.95. The number of carbonyl (C=O) groups is 1. The van der Waals surface area contributed by atoms with Gasteiger partial charge in [-0.25, -0.2) is 9.78 Å². The number of aromatic nitrogens is 3. The Morgan fingerprint density at radius 1 is 1.29 bits per heavy atom. The molecule has 0 N–H and O–H groups in total. The van der Waals surface area contributed by atoms with Crippen molar-refractivity contribution in [1.29, 1.82) is 0 Å². The van der Waals surface area contributed by atoms with Crippen LogP contribution in [-0.2, 0) is 4.74 Å². The molecule has 124 valence electrons. The first kappa shape index (κ1) is 16.2. The first-order valence-corrected chi connectivity index (χ1v) is 8.35. The molecule has 0 aliphatic carbocycles. The zero-order chi connectivity index (χ0) is 16.9. The summed E-state index contributed by atoms with van der Waals surface area (Å²) in [5, 5.41) is 5.93. The average Bonchev–Trinajstić information content (AvgIpc) is 3.32. The van der Waals surface area contributed by atoms with Gasteiger partial charge in [0.2, 0.25) is 0 Å². The Bertz CT molecular complexity index is 770. The second-order valence-electron chi connectivity index (χ2n) is 5.20. The fraction of sp³-hybridized carbons (Fsp3) is 0.235. The van der Waals surface area contributed by atoms with Crippen molar-refractivity contribution in [3.05, 3.63) is 64.9 Å². The average molecular weight is 343 g/mol. The Labute approximate surface area is 143 Å². The van der Waals surface area contributed by atoms with E-state index < -0.39 is 12.1 Å². The zero-order valence-corrected chi connectivity index (χ0v) is 14.1. The Kier molecular flexibility index (Phi) is 4.90. The van der Waals surface area contributed by atoms with Crippen molar-refractivity contribution in [2.45, 2.75) is 19.1 Å². The molecule has 0 radical (unpaired) electrons. The number of nitrogens with zero attached hydrogens (tertiary/aromatic N) is 3. The summed E-state index contributed by atoms with van der Waals surface area (Å²) >= 11 is 1.36. The first-order chi connectivity index (χ1) is 11.7. The highest BCUT2D eigenvalue weighted by atomic mass is 32.1. The number of rotatable bonds is 6. The number of hydrogen-bond acceptors (Lipinski definition) is 6. The molecule has 0 aliphatic heterocycles.